The number of amides is 6. The topological polar surface area (TPSA) is 234 Å². The predicted octanol–water partition coefficient (Wildman–Crippen LogP) is 5.73. The molecular weight excluding hydrogens is 845 g/mol. The number of aliphatic hydroxyl groups is 2. The van der Waals surface area contributed by atoms with Gasteiger partial charge in [-0.25, -0.2) is 9.59 Å². The van der Waals surface area contributed by atoms with Gasteiger partial charge >= 0.3 is 12.2 Å². The Balaban J connectivity index is 2.25. The van der Waals surface area contributed by atoms with E-state index in [9.17, 15) is 39.0 Å². The molecule has 8 N–H and O–H groups in total. The Morgan fingerprint density at radius 1 is 0.424 bits per heavy atom. The van der Waals surface area contributed by atoms with E-state index in [4.69, 9.17) is 9.47 Å². The number of ether oxygens (including phenoxy) is 2. The summed E-state index contributed by atoms with van der Waals surface area (Å²) in [7, 11) is 0. The summed E-state index contributed by atoms with van der Waals surface area (Å²) < 4.78 is 10.7. The summed E-state index contributed by atoms with van der Waals surface area (Å²) in [5, 5.41) is 40.3. The van der Waals surface area contributed by atoms with E-state index in [-0.39, 0.29) is 62.6 Å². The SMILES string of the molecule is CC(C)CC(NC(=O)OCc1ccccc1)C(=O)NC(C(=O)N[C@@H](CC(C)C)[C@@H](O)[C@@H](O)[C@@H](CC(C)C)NC(=O)C(NC(=O)C(CC(C)C)NC(=O)OCc1ccccc1)C(C)C)C(C)C. The number of benzene rings is 2. The molecule has 6 amide bonds. The van der Waals surface area contributed by atoms with E-state index in [1.54, 1.807) is 27.7 Å². The van der Waals surface area contributed by atoms with Crippen molar-refractivity contribution in [1.82, 2.24) is 31.9 Å². The molecule has 0 aliphatic rings. The molecule has 0 fully saturated rings. The van der Waals surface area contributed by atoms with Gasteiger partial charge in [-0.2, -0.15) is 0 Å². The van der Waals surface area contributed by atoms with Gasteiger partial charge in [-0.3, -0.25) is 19.2 Å². The van der Waals surface area contributed by atoms with Crippen molar-refractivity contribution in [3.8, 4) is 0 Å². The second-order valence-electron chi connectivity index (χ2n) is 19.7. The van der Waals surface area contributed by atoms with Crippen LogP contribution >= 0.6 is 0 Å². The van der Waals surface area contributed by atoms with Gasteiger partial charge < -0.3 is 51.6 Å². The fourth-order valence-corrected chi connectivity index (χ4v) is 7.40. The minimum atomic E-state index is -1.58. The van der Waals surface area contributed by atoms with Gasteiger partial charge in [0.05, 0.1) is 12.1 Å². The maximum Gasteiger partial charge on any atom is 0.408 e. The molecule has 0 bridgehead atoms. The van der Waals surface area contributed by atoms with E-state index in [0.29, 0.717) is 0 Å². The summed E-state index contributed by atoms with van der Waals surface area (Å²) in [5.41, 5.74) is 1.55. The quantitative estimate of drug-likeness (QED) is 0.0542. The summed E-state index contributed by atoms with van der Waals surface area (Å²) in [4.78, 5) is 81.2. The lowest BCUT2D eigenvalue weighted by Gasteiger charge is -2.36. The third-order valence-electron chi connectivity index (χ3n) is 10.8. The molecular formula is C50H80N6O10. The molecule has 0 saturated carbocycles. The normalized spacial score (nSPS) is 15.3. The van der Waals surface area contributed by atoms with Crippen LogP contribution in [0, 0.1) is 35.5 Å². The first kappa shape index (κ1) is 56.9. The van der Waals surface area contributed by atoms with Gasteiger partial charge in [-0.1, -0.05) is 144 Å². The van der Waals surface area contributed by atoms with Crippen molar-refractivity contribution in [2.75, 3.05) is 0 Å². The second kappa shape index (κ2) is 28.7. The largest absolute Gasteiger partial charge is 0.445 e. The second-order valence-corrected chi connectivity index (χ2v) is 19.7. The zero-order chi connectivity index (χ0) is 49.7. The lowest BCUT2D eigenvalue weighted by molar-refractivity contribution is -0.134. The summed E-state index contributed by atoms with van der Waals surface area (Å²) in [6.07, 6.45) is -3.72. The highest BCUT2D eigenvalue weighted by Gasteiger charge is 2.39. The van der Waals surface area contributed by atoms with E-state index < -0.39 is 96.1 Å². The van der Waals surface area contributed by atoms with E-state index in [1.165, 1.54) is 0 Å². The Morgan fingerprint density at radius 2 is 0.727 bits per heavy atom. The molecule has 8 atom stereocenters. The summed E-state index contributed by atoms with van der Waals surface area (Å²) >= 11 is 0. The van der Waals surface area contributed by atoms with Crippen LogP contribution in [0.3, 0.4) is 0 Å². The fourth-order valence-electron chi connectivity index (χ4n) is 7.40. The van der Waals surface area contributed by atoms with Crippen molar-refractivity contribution >= 4 is 35.8 Å². The molecule has 2 aromatic carbocycles. The number of carbonyl (C=O) groups is 6. The lowest BCUT2D eigenvalue weighted by Crippen LogP contribution is -2.62. The van der Waals surface area contributed by atoms with Gasteiger partial charge in [0, 0.05) is 0 Å². The maximum atomic E-state index is 14.1. The average Bonchev–Trinajstić information content (AvgIpc) is 3.24. The van der Waals surface area contributed by atoms with Gasteiger partial charge in [-0.05, 0) is 72.3 Å². The lowest BCUT2D eigenvalue weighted by atomic mass is 9.88. The van der Waals surface area contributed by atoms with Crippen LogP contribution in [0.5, 0.6) is 0 Å². The van der Waals surface area contributed by atoms with Crippen LogP contribution in [0.4, 0.5) is 9.59 Å². The van der Waals surface area contributed by atoms with Gasteiger partial charge in [0.2, 0.25) is 23.6 Å². The van der Waals surface area contributed by atoms with Crippen LogP contribution in [0.2, 0.25) is 0 Å². The van der Waals surface area contributed by atoms with Crippen molar-refractivity contribution < 1.29 is 48.5 Å². The van der Waals surface area contributed by atoms with E-state index >= 15 is 0 Å². The van der Waals surface area contributed by atoms with E-state index in [1.807, 2.05) is 116 Å². The van der Waals surface area contributed by atoms with Crippen LogP contribution in [0.15, 0.2) is 60.7 Å². The molecule has 16 heteroatoms. The predicted molar refractivity (Wildman–Crippen MR) is 254 cm³/mol. The molecule has 4 unspecified atom stereocenters. The smallest absolute Gasteiger partial charge is 0.408 e. The minimum Gasteiger partial charge on any atom is -0.445 e. The van der Waals surface area contributed by atoms with Crippen molar-refractivity contribution in [2.24, 2.45) is 35.5 Å². The minimum absolute atomic E-state index is 0.000134. The first-order valence-electron chi connectivity index (χ1n) is 23.5. The Labute approximate surface area is 392 Å². The third kappa shape index (κ3) is 21.0. The zero-order valence-electron chi connectivity index (χ0n) is 41.3. The number of aliphatic hydroxyl groups excluding tert-OH is 2. The fraction of sp³-hybridized carbons (Fsp3) is 0.640. The molecule has 2 aromatic rings. The molecule has 0 aromatic heterocycles. The van der Waals surface area contributed by atoms with Gasteiger partial charge in [0.25, 0.3) is 0 Å². The molecule has 0 aliphatic carbocycles. The summed E-state index contributed by atoms with van der Waals surface area (Å²) in [5.74, 6) is -3.36. The molecule has 0 heterocycles. The van der Waals surface area contributed by atoms with E-state index in [2.05, 4.69) is 31.9 Å². The van der Waals surface area contributed by atoms with Gasteiger partial charge in [0.15, 0.2) is 0 Å². The number of rotatable bonds is 27. The Kier molecular flexibility index (Phi) is 24.8. The molecule has 0 radical (unpaired) electrons. The molecule has 370 valence electrons. The number of hydrogen-bond acceptors (Lipinski definition) is 10. The van der Waals surface area contributed by atoms with Crippen LogP contribution in [-0.4, -0.2) is 94.5 Å². The molecule has 16 nitrogen and oxygen atoms in total. The number of nitrogens with one attached hydrogen (secondary N) is 6. The summed E-state index contributed by atoms with van der Waals surface area (Å²) in [6, 6.07) is 12.0. The molecule has 66 heavy (non-hydrogen) atoms. The summed E-state index contributed by atoms with van der Waals surface area (Å²) in [6.45, 7) is 22.2. The zero-order valence-corrected chi connectivity index (χ0v) is 41.3. The van der Waals surface area contributed by atoms with Gasteiger partial charge in [0.1, 0.15) is 49.6 Å². The molecule has 2 rings (SSSR count). The first-order chi connectivity index (χ1) is 31.0. The van der Waals surface area contributed by atoms with Crippen LogP contribution in [0.1, 0.15) is 120 Å². The first-order valence-corrected chi connectivity index (χ1v) is 23.5. The third-order valence-corrected chi connectivity index (χ3v) is 10.8. The number of carbonyl (C=O) groups excluding carboxylic acids is 6. The monoisotopic (exact) mass is 925 g/mol. The van der Waals surface area contributed by atoms with Gasteiger partial charge in [-0.15, -0.1) is 0 Å². The van der Waals surface area contributed by atoms with E-state index in [0.717, 1.165) is 11.1 Å². The highest BCUT2D eigenvalue weighted by Crippen LogP contribution is 2.20. The molecule has 0 saturated heterocycles. The Morgan fingerprint density at radius 3 is 1.00 bits per heavy atom. The maximum absolute atomic E-state index is 14.1. The Hall–Kier alpha value is -5.22. The molecule has 0 aliphatic heterocycles. The van der Waals surface area contributed by atoms with Crippen molar-refractivity contribution in [3.63, 3.8) is 0 Å². The van der Waals surface area contributed by atoms with Crippen LogP contribution in [-0.2, 0) is 41.9 Å². The Bertz CT molecular complexity index is 1660. The molecule has 0 spiro atoms. The van der Waals surface area contributed by atoms with Crippen molar-refractivity contribution in [2.45, 2.75) is 170 Å². The van der Waals surface area contributed by atoms with Crippen molar-refractivity contribution in [1.29, 1.82) is 0 Å². The van der Waals surface area contributed by atoms with Crippen molar-refractivity contribution in [3.05, 3.63) is 71.8 Å². The highest BCUT2D eigenvalue weighted by molar-refractivity contribution is 5.92. The highest BCUT2D eigenvalue weighted by atomic mass is 16.6. The number of hydrogen-bond donors (Lipinski definition) is 8. The number of alkyl carbamates (subject to hydrolysis) is 2. The van der Waals surface area contributed by atoms with Crippen LogP contribution < -0.4 is 31.9 Å². The standard InChI is InChI=1S/C50H80N6O10/c1-29(2)23-37(51-47(61)41(33(9)10)55-45(59)39(25-31(5)6)53-49(63)65-27-35-19-15-13-16-20-35)43(57)44(58)38(24-30(3)4)52-48(62)42(34(11)12)56-46(60)40(26-32(7)8)54-50(64)66-28-36-21-17-14-18-22-36/h13-22,29-34,37-44,57-58H,23-28H2,1-12H3,(H,51,61)(H,52,62)(H,53,63)(H,54,64)(H,55,59)(H,56,60)/t37-,38+,39?,40?,41?,42?,43+,44-. The average molecular weight is 925 g/mol. The van der Waals surface area contributed by atoms with Crippen LogP contribution in [0.25, 0.3) is 0 Å².